The Morgan fingerprint density at radius 1 is 1.31 bits per heavy atom. The van der Waals surface area contributed by atoms with Crippen molar-refractivity contribution >= 4 is 17.6 Å². The lowest BCUT2D eigenvalue weighted by Gasteiger charge is -2.32. The molecular weight excluding hydrogens is 375 g/mol. The van der Waals surface area contributed by atoms with Crippen LogP contribution >= 0.6 is 0 Å². The van der Waals surface area contributed by atoms with Crippen LogP contribution in [0.1, 0.15) is 31.0 Å². The lowest BCUT2D eigenvalue weighted by molar-refractivity contribution is -0.131. The molecule has 1 aliphatic rings. The minimum atomic E-state index is -0.443. The number of rotatable bonds is 5. The maximum absolute atomic E-state index is 14.0. The molecule has 0 spiro atoms. The van der Waals surface area contributed by atoms with E-state index in [2.05, 4.69) is 15.6 Å². The number of piperidine rings is 1. The molecule has 1 aromatic carbocycles. The van der Waals surface area contributed by atoms with E-state index in [0.29, 0.717) is 23.5 Å². The second kappa shape index (κ2) is 9.36. The summed E-state index contributed by atoms with van der Waals surface area (Å²) in [6, 6.07) is 7.50. The molecule has 2 N–H and O–H groups in total. The SMILES string of the molecule is CC(=O)N1CCC[C@@H](Oc2cc(F)cc(CNC(=O)Nc3ccc(C)nc3)c2)C1. The zero-order valence-electron chi connectivity index (χ0n) is 16.6. The number of hydrogen-bond acceptors (Lipinski definition) is 4. The molecule has 8 heteroatoms. The van der Waals surface area contributed by atoms with Crippen molar-refractivity contribution in [2.75, 3.05) is 18.4 Å². The van der Waals surface area contributed by atoms with Gasteiger partial charge in [0.1, 0.15) is 17.7 Å². The number of nitrogens with one attached hydrogen (secondary N) is 2. The zero-order chi connectivity index (χ0) is 20.8. The molecule has 1 fully saturated rings. The summed E-state index contributed by atoms with van der Waals surface area (Å²) in [5.74, 6) is -0.0424. The molecule has 1 aliphatic heterocycles. The smallest absolute Gasteiger partial charge is 0.319 e. The van der Waals surface area contributed by atoms with Gasteiger partial charge in [-0.05, 0) is 49.6 Å². The number of anilines is 1. The molecule has 29 heavy (non-hydrogen) atoms. The van der Waals surface area contributed by atoms with Gasteiger partial charge in [0.05, 0.1) is 18.4 Å². The van der Waals surface area contributed by atoms with Crippen LogP contribution in [0.4, 0.5) is 14.9 Å². The normalized spacial score (nSPS) is 16.2. The largest absolute Gasteiger partial charge is 0.488 e. The number of halogens is 1. The first-order chi connectivity index (χ1) is 13.9. The highest BCUT2D eigenvalue weighted by atomic mass is 19.1. The molecule has 0 saturated carbocycles. The number of likely N-dealkylation sites (tertiary alicyclic amines) is 1. The zero-order valence-corrected chi connectivity index (χ0v) is 16.6. The molecule has 1 saturated heterocycles. The van der Waals surface area contributed by atoms with Crippen molar-refractivity contribution in [1.29, 1.82) is 0 Å². The molecular formula is C21H25FN4O3. The molecule has 0 unspecified atom stereocenters. The molecule has 154 valence electrons. The fraction of sp³-hybridized carbons (Fsp3) is 0.381. The monoisotopic (exact) mass is 400 g/mol. The van der Waals surface area contributed by atoms with Crippen molar-refractivity contribution in [3.05, 3.63) is 53.6 Å². The highest BCUT2D eigenvalue weighted by Crippen LogP contribution is 2.21. The molecule has 2 aromatic rings. The molecule has 0 aliphatic carbocycles. The van der Waals surface area contributed by atoms with Crippen molar-refractivity contribution in [3.8, 4) is 5.75 Å². The second-order valence-corrected chi connectivity index (χ2v) is 7.14. The number of carbonyl (C=O) groups is 2. The minimum absolute atomic E-state index is 0.0113. The Bertz CT molecular complexity index is 873. The summed E-state index contributed by atoms with van der Waals surface area (Å²) in [6.07, 6.45) is 3.05. The average molecular weight is 400 g/mol. The van der Waals surface area contributed by atoms with Crippen LogP contribution in [0.3, 0.4) is 0 Å². The van der Waals surface area contributed by atoms with E-state index in [-0.39, 0.29) is 18.6 Å². The number of amides is 3. The van der Waals surface area contributed by atoms with Crippen LogP contribution in [0.25, 0.3) is 0 Å². The van der Waals surface area contributed by atoms with Gasteiger partial charge in [-0.1, -0.05) is 0 Å². The van der Waals surface area contributed by atoms with E-state index in [0.717, 1.165) is 25.1 Å². The summed E-state index contributed by atoms with van der Waals surface area (Å²) in [6.45, 7) is 4.75. The predicted molar refractivity (Wildman–Crippen MR) is 107 cm³/mol. The average Bonchev–Trinajstić information content (AvgIpc) is 2.68. The Labute approximate surface area is 169 Å². The van der Waals surface area contributed by atoms with Gasteiger partial charge < -0.3 is 20.3 Å². The van der Waals surface area contributed by atoms with Crippen molar-refractivity contribution in [1.82, 2.24) is 15.2 Å². The van der Waals surface area contributed by atoms with E-state index < -0.39 is 11.8 Å². The predicted octanol–water partition coefficient (Wildman–Crippen LogP) is 3.24. The van der Waals surface area contributed by atoms with Crippen LogP contribution in [-0.2, 0) is 11.3 Å². The van der Waals surface area contributed by atoms with Crippen LogP contribution in [-0.4, -0.2) is 41.0 Å². The molecule has 2 heterocycles. The summed E-state index contributed by atoms with van der Waals surface area (Å²) in [7, 11) is 0. The molecule has 0 bridgehead atoms. The Morgan fingerprint density at radius 3 is 2.86 bits per heavy atom. The number of benzene rings is 1. The van der Waals surface area contributed by atoms with Crippen LogP contribution < -0.4 is 15.4 Å². The number of hydrogen-bond donors (Lipinski definition) is 2. The lowest BCUT2D eigenvalue weighted by atomic mass is 10.1. The summed E-state index contributed by atoms with van der Waals surface area (Å²) in [4.78, 5) is 29.5. The van der Waals surface area contributed by atoms with Gasteiger partial charge in [-0.25, -0.2) is 9.18 Å². The van der Waals surface area contributed by atoms with Crippen molar-refractivity contribution in [2.45, 2.75) is 39.3 Å². The summed E-state index contributed by atoms with van der Waals surface area (Å²) in [5.41, 5.74) is 2.01. The van der Waals surface area contributed by atoms with E-state index in [4.69, 9.17) is 4.74 Å². The quantitative estimate of drug-likeness (QED) is 0.807. The van der Waals surface area contributed by atoms with Gasteiger partial charge in [-0.2, -0.15) is 0 Å². The van der Waals surface area contributed by atoms with Crippen molar-refractivity contribution < 1.29 is 18.7 Å². The Kier molecular flexibility index (Phi) is 6.64. The number of pyridine rings is 1. The van der Waals surface area contributed by atoms with E-state index in [1.165, 1.54) is 19.1 Å². The van der Waals surface area contributed by atoms with E-state index in [1.807, 2.05) is 6.92 Å². The maximum Gasteiger partial charge on any atom is 0.319 e. The summed E-state index contributed by atoms with van der Waals surface area (Å²) in [5, 5.41) is 5.36. The Morgan fingerprint density at radius 2 is 2.14 bits per heavy atom. The third-order valence-electron chi connectivity index (χ3n) is 4.68. The molecule has 1 aromatic heterocycles. The Hall–Kier alpha value is -3.16. The summed E-state index contributed by atoms with van der Waals surface area (Å²) < 4.78 is 19.9. The molecule has 3 rings (SSSR count). The number of carbonyl (C=O) groups excluding carboxylic acids is 2. The number of aromatic nitrogens is 1. The van der Waals surface area contributed by atoms with Gasteiger partial charge >= 0.3 is 6.03 Å². The lowest BCUT2D eigenvalue weighted by Crippen LogP contribution is -2.43. The third-order valence-corrected chi connectivity index (χ3v) is 4.68. The van der Waals surface area contributed by atoms with Gasteiger partial charge in [-0.3, -0.25) is 9.78 Å². The van der Waals surface area contributed by atoms with Gasteiger partial charge in [0, 0.05) is 31.8 Å². The number of aryl methyl sites for hydroxylation is 1. The van der Waals surface area contributed by atoms with Gasteiger partial charge in [0.15, 0.2) is 0 Å². The molecule has 0 radical (unpaired) electrons. The fourth-order valence-corrected chi connectivity index (χ4v) is 3.20. The van der Waals surface area contributed by atoms with Crippen molar-refractivity contribution in [2.24, 2.45) is 0 Å². The van der Waals surface area contributed by atoms with Crippen molar-refractivity contribution in [3.63, 3.8) is 0 Å². The standard InChI is InChI=1S/C21H25FN4O3/c1-14-5-6-18(12-23-14)25-21(28)24-11-16-8-17(22)10-20(9-16)29-19-4-3-7-26(13-19)15(2)27/h5-6,8-10,12,19H,3-4,7,11,13H2,1-2H3,(H2,24,25,28)/t19-/m1/s1. The van der Waals surface area contributed by atoms with Gasteiger partial charge in [0.2, 0.25) is 5.91 Å². The number of urea groups is 1. The fourth-order valence-electron chi connectivity index (χ4n) is 3.20. The number of ether oxygens (including phenoxy) is 1. The highest BCUT2D eigenvalue weighted by Gasteiger charge is 2.23. The highest BCUT2D eigenvalue weighted by molar-refractivity contribution is 5.88. The first-order valence-corrected chi connectivity index (χ1v) is 9.58. The van der Waals surface area contributed by atoms with Gasteiger partial charge in [0.25, 0.3) is 0 Å². The first kappa shape index (κ1) is 20.6. The molecule has 7 nitrogen and oxygen atoms in total. The number of nitrogens with zero attached hydrogens (tertiary/aromatic N) is 2. The van der Waals surface area contributed by atoms with Crippen LogP contribution in [0, 0.1) is 12.7 Å². The molecule has 3 amide bonds. The first-order valence-electron chi connectivity index (χ1n) is 9.58. The van der Waals surface area contributed by atoms with Crippen LogP contribution in [0.15, 0.2) is 36.5 Å². The van der Waals surface area contributed by atoms with Crippen LogP contribution in [0.5, 0.6) is 5.75 Å². The minimum Gasteiger partial charge on any atom is -0.488 e. The van der Waals surface area contributed by atoms with Crippen LogP contribution in [0.2, 0.25) is 0 Å². The van der Waals surface area contributed by atoms with E-state index in [1.54, 1.807) is 29.3 Å². The maximum atomic E-state index is 14.0. The van der Waals surface area contributed by atoms with Gasteiger partial charge in [-0.15, -0.1) is 0 Å². The second-order valence-electron chi connectivity index (χ2n) is 7.14. The van der Waals surface area contributed by atoms with E-state index >= 15 is 0 Å². The third kappa shape index (κ3) is 6.17. The summed E-state index contributed by atoms with van der Waals surface area (Å²) >= 11 is 0. The Balaban J connectivity index is 1.56. The topological polar surface area (TPSA) is 83.6 Å². The van der Waals surface area contributed by atoms with E-state index in [9.17, 15) is 14.0 Å². The molecule has 1 atom stereocenters.